The van der Waals surface area contributed by atoms with E-state index >= 15 is 0 Å². The Labute approximate surface area is 123 Å². The summed E-state index contributed by atoms with van der Waals surface area (Å²) in [7, 11) is 1.97. The zero-order valence-corrected chi connectivity index (χ0v) is 11.9. The lowest BCUT2D eigenvalue weighted by atomic mass is 10.2. The third-order valence-corrected chi connectivity index (χ3v) is 3.42. The predicted octanol–water partition coefficient (Wildman–Crippen LogP) is 1.65. The molecule has 1 aromatic carbocycles. The molecule has 1 N–H and O–H groups in total. The van der Waals surface area contributed by atoms with E-state index in [2.05, 4.69) is 9.88 Å². The Morgan fingerprint density at radius 2 is 2.05 bits per heavy atom. The van der Waals surface area contributed by atoms with Crippen LogP contribution in [0, 0.1) is 0 Å². The first-order valence-electron chi connectivity index (χ1n) is 6.96. The minimum absolute atomic E-state index is 0.0345. The fourth-order valence-corrected chi connectivity index (χ4v) is 2.44. The molecule has 1 aliphatic rings. The van der Waals surface area contributed by atoms with Crippen molar-refractivity contribution < 1.29 is 9.47 Å². The van der Waals surface area contributed by atoms with Gasteiger partial charge in [-0.1, -0.05) is 18.2 Å². The molecule has 0 aliphatic carbocycles. The van der Waals surface area contributed by atoms with Crippen molar-refractivity contribution in [2.24, 2.45) is 0 Å². The molecule has 3 rings (SSSR count). The van der Waals surface area contributed by atoms with E-state index in [4.69, 9.17) is 9.47 Å². The number of ether oxygens (including phenoxy) is 2. The van der Waals surface area contributed by atoms with E-state index in [0.717, 1.165) is 17.1 Å². The van der Waals surface area contributed by atoms with Crippen molar-refractivity contribution in [1.29, 1.82) is 0 Å². The van der Waals surface area contributed by atoms with E-state index in [-0.39, 0.29) is 11.7 Å². The van der Waals surface area contributed by atoms with Crippen molar-refractivity contribution in [2.75, 3.05) is 20.2 Å². The van der Waals surface area contributed by atoms with Gasteiger partial charge in [-0.25, -0.2) is 0 Å². The molecule has 5 nitrogen and oxygen atoms in total. The number of aromatic amines is 1. The number of benzene rings is 1. The molecule has 0 saturated carbocycles. The van der Waals surface area contributed by atoms with Gasteiger partial charge in [0.15, 0.2) is 11.5 Å². The predicted molar refractivity (Wildman–Crippen MR) is 79.7 cm³/mol. The van der Waals surface area contributed by atoms with Gasteiger partial charge in [-0.3, -0.25) is 9.69 Å². The summed E-state index contributed by atoms with van der Waals surface area (Å²) < 4.78 is 11.6. The second-order valence-electron chi connectivity index (χ2n) is 5.22. The SMILES string of the molecule is CN(Cc1ccc[nH]c1=O)C[C@H]1COc2ccccc2O1. The highest BCUT2D eigenvalue weighted by Gasteiger charge is 2.22. The van der Waals surface area contributed by atoms with Crippen LogP contribution in [-0.2, 0) is 6.54 Å². The lowest BCUT2D eigenvalue weighted by molar-refractivity contribution is 0.0637. The molecule has 2 aromatic rings. The molecule has 5 heteroatoms. The van der Waals surface area contributed by atoms with Gasteiger partial charge in [0, 0.05) is 24.8 Å². The lowest BCUT2D eigenvalue weighted by Gasteiger charge is -2.29. The molecule has 1 atom stereocenters. The van der Waals surface area contributed by atoms with Gasteiger partial charge in [0.1, 0.15) is 12.7 Å². The minimum Gasteiger partial charge on any atom is -0.486 e. The van der Waals surface area contributed by atoms with Gasteiger partial charge < -0.3 is 14.5 Å². The van der Waals surface area contributed by atoms with Crippen molar-refractivity contribution >= 4 is 0 Å². The first-order chi connectivity index (χ1) is 10.2. The smallest absolute Gasteiger partial charge is 0.252 e. The fourth-order valence-electron chi connectivity index (χ4n) is 2.44. The van der Waals surface area contributed by atoms with Gasteiger partial charge in [0.25, 0.3) is 5.56 Å². The molecule has 0 saturated heterocycles. The Hall–Kier alpha value is -2.27. The number of aromatic nitrogens is 1. The summed E-state index contributed by atoms with van der Waals surface area (Å²) in [6.45, 7) is 1.80. The van der Waals surface area contributed by atoms with Crippen LogP contribution < -0.4 is 15.0 Å². The van der Waals surface area contributed by atoms with Crippen molar-refractivity contribution in [2.45, 2.75) is 12.6 Å². The molecular formula is C16H18N2O3. The van der Waals surface area contributed by atoms with Crippen LogP contribution >= 0.6 is 0 Å². The van der Waals surface area contributed by atoms with Crippen LogP contribution in [0.4, 0.5) is 0 Å². The summed E-state index contributed by atoms with van der Waals surface area (Å²) in [6, 6.07) is 11.3. The Morgan fingerprint density at radius 1 is 1.24 bits per heavy atom. The van der Waals surface area contributed by atoms with Crippen molar-refractivity contribution in [3.8, 4) is 11.5 Å². The van der Waals surface area contributed by atoms with E-state index < -0.39 is 0 Å². The first kappa shape index (κ1) is 13.7. The Balaban J connectivity index is 1.60. The van der Waals surface area contributed by atoms with Gasteiger partial charge in [-0.05, 0) is 25.2 Å². The number of H-pyrrole nitrogens is 1. The molecule has 0 bridgehead atoms. The number of pyridine rings is 1. The zero-order valence-electron chi connectivity index (χ0n) is 11.9. The van der Waals surface area contributed by atoms with Crippen LogP contribution in [0.1, 0.15) is 5.56 Å². The standard InChI is InChI=1S/C16H18N2O3/c1-18(9-12-5-4-8-17-16(12)19)10-13-11-20-14-6-2-3-7-15(14)21-13/h2-8,13H,9-11H2,1H3,(H,17,19)/t13-/m0/s1. The molecule has 0 fully saturated rings. The number of rotatable bonds is 4. The van der Waals surface area contributed by atoms with Gasteiger partial charge >= 0.3 is 0 Å². The highest BCUT2D eigenvalue weighted by Crippen LogP contribution is 2.30. The Bertz CT molecular complexity index is 668. The van der Waals surface area contributed by atoms with Gasteiger partial charge in [-0.2, -0.15) is 0 Å². The number of nitrogens with zero attached hydrogens (tertiary/aromatic N) is 1. The Kier molecular flexibility index (Phi) is 3.92. The van der Waals surface area contributed by atoms with Crippen LogP contribution in [0.25, 0.3) is 0 Å². The molecule has 2 heterocycles. The average molecular weight is 286 g/mol. The quantitative estimate of drug-likeness (QED) is 0.928. The van der Waals surface area contributed by atoms with E-state index in [1.165, 1.54) is 0 Å². The van der Waals surface area contributed by atoms with E-state index in [0.29, 0.717) is 19.7 Å². The minimum atomic E-state index is -0.0458. The Morgan fingerprint density at radius 3 is 2.86 bits per heavy atom. The van der Waals surface area contributed by atoms with Crippen molar-refractivity contribution in [3.63, 3.8) is 0 Å². The monoisotopic (exact) mass is 286 g/mol. The molecule has 0 amide bonds. The summed E-state index contributed by atoms with van der Waals surface area (Å²) in [5.74, 6) is 1.57. The highest BCUT2D eigenvalue weighted by atomic mass is 16.6. The normalized spacial score (nSPS) is 17.0. The van der Waals surface area contributed by atoms with E-state index in [1.807, 2.05) is 43.4 Å². The molecule has 21 heavy (non-hydrogen) atoms. The number of nitrogens with one attached hydrogen (secondary N) is 1. The molecular weight excluding hydrogens is 268 g/mol. The summed E-state index contributed by atoms with van der Waals surface area (Å²) >= 11 is 0. The summed E-state index contributed by atoms with van der Waals surface area (Å²) in [4.78, 5) is 16.4. The van der Waals surface area contributed by atoms with E-state index in [1.54, 1.807) is 6.20 Å². The summed E-state index contributed by atoms with van der Waals surface area (Å²) in [5.41, 5.74) is 0.702. The summed E-state index contributed by atoms with van der Waals surface area (Å²) in [6.07, 6.45) is 1.61. The van der Waals surface area contributed by atoms with Crippen LogP contribution in [0.2, 0.25) is 0 Å². The molecule has 1 aromatic heterocycles. The number of fused-ring (bicyclic) bond motifs is 1. The highest BCUT2D eigenvalue weighted by molar-refractivity contribution is 5.40. The molecule has 0 radical (unpaired) electrons. The van der Waals surface area contributed by atoms with Crippen LogP contribution in [0.15, 0.2) is 47.4 Å². The molecule has 110 valence electrons. The third kappa shape index (κ3) is 3.25. The van der Waals surface area contributed by atoms with Crippen molar-refractivity contribution in [3.05, 3.63) is 58.5 Å². The second-order valence-corrected chi connectivity index (χ2v) is 5.22. The second kappa shape index (κ2) is 6.01. The van der Waals surface area contributed by atoms with Crippen molar-refractivity contribution in [1.82, 2.24) is 9.88 Å². The van der Waals surface area contributed by atoms with Crippen LogP contribution in [0.5, 0.6) is 11.5 Å². The fraction of sp³-hybridized carbons (Fsp3) is 0.312. The topological polar surface area (TPSA) is 54.6 Å². The average Bonchev–Trinajstić information content (AvgIpc) is 2.49. The number of hydrogen-bond donors (Lipinski definition) is 1. The number of likely N-dealkylation sites (N-methyl/N-ethyl adjacent to an activating group) is 1. The van der Waals surface area contributed by atoms with Gasteiger partial charge in [-0.15, -0.1) is 0 Å². The number of hydrogen-bond acceptors (Lipinski definition) is 4. The zero-order chi connectivity index (χ0) is 14.7. The first-order valence-corrected chi connectivity index (χ1v) is 6.96. The third-order valence-electron chi connectivity index (χ3n) is 3.42. The lowest BCUT2D eigenvalue weighted by Crippen LogP contribution is -2.39. The maximum Gasteiger partial charge on any atom is 0.252 e. The van der Waals surface area contributed by atoms with E-state index in [9.17, 15) is 4.79 Å². The summed E-state index contributed by atoms with van der Waals surface area (Å²) in [5, 5.41) is 0. The molecule has 1 aliphatic heterocycles. The van der Waals surface area contributed by atoms with Crippen LogP contribution in [-0.4, -0.2) is 36.2 Å². The maximum absolute atomic E-state index is 11.7. The maximum atomic E-state index is 11.7. The van der Waals surface area contributed by atoms with Crippen LogP contribution in [0.3, 0.4) is 0 Å². The molecule has 0 unspecified atom stereocenters. The largest absolute Gasteiger partial charge is 0.486 e. The number of para-hydroxylation sites is 2. The molecule has 0 spiro atoms. The van der Waals surface area contributed by atoms with Gasteiger partial charge in [0.2, 0.25) is 0 Å². The van der Waals surface area contributed by atoms with Gasteiger partial charge in [0.05, 0.1) is 0 Å².